The standard InChI is InChI=1S/C20H25N3O3/c1-13(2)18(20(25)22-12-16-8-5-9-26-16)23-19(24)17-10-14-6-3-4-7-15(14)11-21-17/h3-9,13,17-18,21H,10-12H2,1-2H3,(H,22,25)(H,23,24)/t17-,18+/m0/s1. The zero-order valence-electron chi connectivity index (χ0n) is 15.1. The minimum absolute atomic E-state index is 0.0218. The SMILES string of the molecule is CC(C)[C@@H](NC(=O)[C@@H]1Cc2ccccc2CN1)C(=O)NCc1ccco1. The van der Waals surface area contributed by atoms with Crippen LogP contribution in [-0.4, -0.2) is 23.9 Å². The lowest BCUT2D eigenvalue weighted by Gasteiger charge is -2.28. The number of benzene rings is 1. The van der Waals surface area contributed by atoms with E-state index in [1.54, 1.807) is 18.4 Å². The Hall–Kier alpha value is -2.60. The number of hydrogen-bond acceptors (Lipinski definition) is 4. The molecule has 0 spiro atoms. The topological polar surface area (TPSA) is 83.4 Å². The van der Waals surface area contributed by atoms with E-state index in [0.717, 1.165) is 0 Å². The maximum absolute atomic E-state index is 12.7. The van der Waals surface area contributed by atoms with E-state index >= 15 is 0 Å². The summed E-state index contributed by atoms with van der Waals surface area (Å²) in [4.78, 5) is 25.2. The third-order valence-corrected chi connectivity index (χ3v) is 4.66. The highest BCUT2D eigenvalue weighted by Gasteiger charge is 2.29. The minimum Gasteiger partial charge on any atom is -0.467 e. The van der Waals surface area contributed by atoms with Crippen LogP contribution in [0.1, 0.15) is 30.7 Å². The lowest BCUT2D eigenvalue weighted by Crippen LogP contribution is -2.55. The average molecular weight is 355 g/mol. The smallest absolute Gasteiger partial charge is 0.243 e. The van der Waals surface area contributed by atoms with Crippen molar-refractivity contribution in [3.05, 3.63) is 59.5 Å². The molecule has 3 N–H and O–H groups in total. The van der Waals surface area contributed by atoms with Gasteiger partial charge >= 0.3 is 0 Å². The lowest BCUT2D eigenvalue weighted by molar-refractivity contribution is -0.131. The lowest BCUT2D eigenvalue weighted by atomic mass is 9.95. The van der Waals surface area contributed by atoms with Crippen LogP contribution in [0.25, 0.3) is 0 Å². The van der Waals surface area contributed by atoms with Gasteiger partial charge in [-0.1, -0.05) is 38.1 Å². The van der Waals surface area contributed by atoms with Gasteiger partial charge in [0.05, 0.1) is 18.8 Å². The molecule has 6 nitrogen and oxygen atoms in total. The molecule has 138 valence electrons. The van der Waals surface area contributed by atoms with Crippen molar-refractivity contribution in [3.8, 4) is 0 Å². The molecule has 0 aliphatic carbocycles. The molecular weight excluding hydrogens is 330 g/mol. The van der Waals surface area contributed by atoms with Crippen molar-refractivity contribution >= 4 is 11.8 Å². The number of fused-ring (bicyclic) bond motifs is 1. The van der Waals surface area contributed by atoms with Crippen LogP contribution in [0.5, 0.6) is 0 Å². The van der Waals surface area contributed by atoms with Gasteiger partial charge in [0.15, 0.2) is 0 Å². The van der Waals surface area contributed by atoms with Crippen LogP contribution in [0.3, 0.4) is 0 Å². The summed E-state index contributed by atoms with van der Waals surface area (Å²) < 4.78 is 5.22. The number of nitrogens with one attached hydrogen (secondary N) is 3. The van der Waals surface area contributed by atoms with Gasteiger partial charge in [0.1, 0.15) is 11.8 Å². The molecule has 2 amide bonds. The molecular formula is C20H25N3O3. The second kappa shape index (κ2) is 8.19. The fourth-order valence-electron chi connectivity index (χ4n) is 3.13. The van der Waals surface area contributed by atoms with Crippen molar-refractivity contribution in [1.29, 1.82) is 0 Å². The predicted molar refractivity (Wildman–Crippen MR) is 98.1 cm³/mol. The molecule has 1 aliphatic heterocycles. The van der Waals surface area contributed by atoms with Crippen molar-refractivity contribution in [2.75, 3.05) is 0 Å². The Bertz CT molecular complexity index is 755. The minimum atomic E-state index is -0.587. The fourth-order valence-corrected chi connectivity index (χ4v) is 3.13. The quantitative estimate of drug-likeness (QED) is 0.737. The number of hydrogen-bond donors (Lipinski definition) is 3. The zero-order chi connectivity index (χ0) is 18.5. The van der Waals surface area contributed by atoms with Gasteiger partial charge in [0.25, 0.3) is 0 Å². The molecule has 1 aromatic heterocycles. The van der Waals surface area contributed by atoms with Crippen molar-refractivity contribution < 1.29 is 14.0 Å². The summed E-state index contributed by atoms with van der Waals surface area (Å²) in [6, 6.07) is 10.8. The Morgan fingerprint density at radius 2 is 1.96 bits per heavy atom. The highest BCUT2D eigenvalue weighted by atomic mass is 16.3. The summed E-state index contributed by atoms with van der Waals surface area (Å²) in [5.74, 6) is 0.302. The van der Waals surface area contributed by atoms with Crippen LogP contribution >= 0.6 is 0 Å². The van der Waals surface area contributed by atoms with E-state index in [1.807, 2.05) is 32.0 Å². The second-order valence-electron chi connectivity index (χ2n) is 6.93. The van der Waals surface area contributed by atoms with Gasteiger partial charge in [-0.25, -0.2) is 0 Å². The molecule has 0 saturated heterocycles. The first-order chi connectivity index (χ1) is 12.5. The van der Waals surface area contributed by atoms with Crippen LogP contribution in [-0.2, 0) is 29.1 Å². The molecule has 0 bridgehead atoms. The van der Waals surface area contributed by atoms with Gasteiger partial charge in [0, 0.05) is 6.54 Å². The molecule has 1 aromatic carbocycles. The molecule has 0 radical (unpaired) electrons. The summed E-state index contributed by atoms with van der Waals surface area (Å²) in [7, 11) is 0. The highest BCUT2D eigenvalue weighted by Crippen LogP contribution is 2.16. The molecule has 0 saturated carbocycles. The summed E-state index contributed by atoms with van der Waals surface area (Å²) in [5.41, 5.74) is 2.39. The molecule has 0 fully saturated rings. The molecule has 2 aromatic rings. The van der Waals surface area contributed by atoms with Crippen molar-refractivity contribution in [2.24, 2.45) is 5.92 Å². The second-order valence-corrected chi connectivity index (χ2v) is 6.93. The predicted octanol–water partition coefficient (Wildman–Crippen LogP) is 1.75. The van der Waals surface area contributed by atoms with E-state index in [2.05, 4.69) is 22.0 Å². The van der Waals surface area contributed by atoms with Crippen LogP contribution in [0.15, 0.2) is 47.1 Å². The van der Waals surface area contributed by atoms with Gasteiger partial charge in [-0.15, -0.1) is 0 Å². The monoisotopic (exact) mass is 355 g/mol. The average Bonchev–Trinajstić information content (AvgIpc) is 3.17. The zero-order valence-corrected chi connectivity index (χ0v) is 15.1. The van der Waals surface area contributed by atoms with E-state index in [-0.39, 0.29) is 23.8 Å². The first-order valence-corrected chi connectivity index (χ1v) is 8.95. The van der Waals surface area contributed by atoms with Crippen LogP contribution in [0.4, 0.5) is 0 Å². The van der Waals surface area contributed by atoms with Gasteiger partial charge in [-0.2, -0.15) is 0 Å². The summed E-state index contributed by atoms with van der Waals surface area (Å²) in [6.07, 6.45) is 2.19. The third kappa shape index (κ3) is 4.32. The fraction of sp³-hybridized carbons (Fsp3) is 0.400. The van der Waals surface area contributed by atoms with E-state index in [4.69, 9.17) is 4.42 Å². The summed E-state index contributed by atoms with van der Waals surface area (Å²) in [5, 5.41) is 8.98. The molecule has 2 heterocycles. The Labute approximate surface area is 153 Å². The Morgan fingerprint density at radius 1 is 1.19 bits per heavy atom. The molecule has 0 unspecified atom stereocenters. The van der Waals surface area contributed by atoms with Gasteiger partial charge in [-0.05, 0) is 35.6 Å². The van der Waals surface area contributed by atoms with Gasteiger partial charge < -0.3 is 20.4 Å². The van der Waals surface area contributed by atoms with Crippen LogP contribution in [0.2, 0.25) is 0 Å². The van der Waals surface area contributed by atoms with Crippen LogP contribution in [0, 0.1) is 5.92 Å². The molecule has 3 rings (SSSR count). The largest absolute Gasteiger partial charge is 0.467 e. The Balaban J connectivity index is 1.59. The molecule has 6 heteroatoms. The number of carbonyl (C=O) groups excluding carboxylic acids is 2. The maximum atomic E-state index is 12.7. The molecule has 26 heavy (non-hydrogen) atoms. The molecule has 2 atom stereocenters. The van der Waals surface area contributed by atoms with E-state index in [1.165, 1.54) is 11.1 Å². The third-order valence-electron chi connectivity index (χ3n) is 4.66. The Kier molecular flexibility index (Phi) is 5.73. The van der Waals surface area contributed by atoms with Crippen molar-refractivity contribution in [1.82, 2.24) is 16.0 Å². The van der Waals surface area contributed by atoms with Gasteiger partial charge in [-0.3, -0.25) is 9.59 Å². The summed E-state index contributed by atoms with van der Waals surface area (Å²) >= 11 is 0. The van der Waals surface area contributed by atoms with E-state index < -0.39 is 6.04 Å². The first kappa shape index (κ1) is 18.2. The number of furan rings is 1. The van der Waals surface area contributed by atoms with E-state index in [9.17, 15) is 9.59 Å². The number of carbonyl (C=O) groups is 2. The molecule has 1 aliphatic rings. The summed E-state index contributed by atoms with van der Waals surface area (Å²) in [6.45, 7) is 4.80. The highest BCUT2D eigenvalue weighted by molar-refractivity contribution is 5.90. The maximum Gasteiger partial charge on any atom is 0.243 e. The van der Waals surface area contributed by atoms with E-state index in [0.29, 0.717) is 25.3 Å². The first-order valence-electron chi connectivity index (χ1n) is 8.95. The van der Waals surface area contributed by atoms with Gasteiger partial charge in [0.2, 0.25) is 11.8 Å². The van der Waals surface area contributed by atoms with Crippen LogP contribution < -0.4 is 16.0 Å². The normalized spacial score (nSPS) is 17.4. The number of rotatable bonds is 6. The number of amides is 2. The Morgan fingerprint density at radius 3 is 2.65 bits per heavy atom. The van der Waals surface area contributed by atoms with Crippen molar-refractivity contribution in [2.45, 2.75) is 45.4 Å². The van der Waals surface area contributed by atoms with Crippen molar-refractivity contribution in [3.63, 3.8) is 0 Å².